The van der Waals surface area contributed by atoms with E-state index in [9.17, 15) is 14.0 Å². The molecular weight excluding hydrogens is 299 g/mol. The summed E-state index contributed by atoms with van der Waals surface area (Å²) in [4.78, 5) is 23.5. The van der Waals surface area contributed by atoms with Crippen LogP contribution in [-0.2, 0) is 4.79 Å². The fourth-order valence-electron chi connectivity index (χ4n) is 2.36. The summed E-state index contributed by atoms with van der Waals surface area (Å²) in [7, 11) is 0. The van der Waals surface area contributed by atoms with Gasteiger partial charge < -0.3 is 15.4 Å². The molecule has 0 aromatic heterocycles. The highest BCUT2D eigenvalue weighted by Crippen LogP contribution is 2.30. The van der Waals surface area contributed by atoms with Gasteiger partial charge in [-0.05, 0) is 42.8 Å². The van der Waals surface area contributed by atoms with Crippen molar-refractivity contribution >= 4 is 17.5 Å². The lowest BCUT2D eigenvalue weighted by Gasteiger charge is -2.21. The second-order valence-electron chi connectivity index (χ2n) is 5.30. The van der Waals surface area contributed by atoms with Crippen LogP contribution < -0.4 is 15.4 Å². The van der Waals surface area contributed by atoms with Crippen molar-refractivity contribution in [1.82, 2.24) is 5.32 Å². The molecule has 1 aliphatic heterocycles. The van der Waals surface area contributed by atoms with Gasteiger partial charge in [0.2, 0.25) is 0 Å². The van der Waals surface area contributed by atoms with Gasteiger partial charge in [-0.2, -0.15) is 0 Å². The van der Waals surface area contributed by atoms with Crippen LogP contribution in [0.25, 0.3) is 0 Å². The standard InChI is InChI=1S/C17H15FN2O3/c1-10(19-17(22)12-3-2-4-13(18)7-12)11-5-6-15-14(8-11)20-16(21)9-23-15/h2-8,10H,9H2,1H3,(H,19,22)(H,20,21). The zero-order valence-electron chi connectivity index (χ0n) is 12.4. The second-order valence-corrected chi connectivity index (χ2v) is 5.30. The number of carbonyl (C=O) groups excluding carboxylic acids is 2. The molecule has 2 amide bonds. The van der Waals surface area contributed by atoms with Crippen LogP contribution in [0, 0.1) is 5.82 Å². The van der Waals surface area contributed by atoms with Gasteiger partial charge in [-0.25, -0.2) is 4.39 Å². The zero-order chi connectivity index (χ0) is 16.4. The van der Waals surface area contributed by atoms with Crippen molar-refractivity contribution in [1.29, 1.82) is 0 Å². The van der Waals surface area contributed by atoms with Crippen LogP contribution >= 0.6 is 0 Å². The van der Waals surface area contributed by atoms with E-state index in [2.05, 4.69) is 10.6 Å². The Hall–Kier alpha value is -2.89. The topological polar surface area (TPSA) is 67.4 Å². The number of halogens is 1. The summed E-state index contributed by atoms with van der Waals surface area (Å²) in [5, 5.41) is 5.52. The Morgan fingerprint density at radius 2 is 2.13 bits per heavy atom. The molecule has 118 valence electrons. The summed E-state index contributed by atoms with van der Waals surface area (Å²) in [6.45, 7) is 1.81. The number of rotatable bonds is 3. The molecule has 2 aromatic carbocycles. The number of fused-ring (bicyclic) bond motifs is 1. The number of anilines is 1. The van der Waals surface area contributed by atoms with Crippen molar-refractivity contribution in [2.75, 3.05) is 11.9 Å². The van der Waals surface area contributed by atoms with Crippen LogP contribution in [0.4, 0.5) is 10.1 Å². The predicted octanol–water partition coefficient (Wildman–Crippen LogP) is 2.65. The molecule has 1 aliphatic rings. The first-order valence-electron chi connectivity index (χ1n) is 7.16. The molecule has 0 saturated carbocycles. The lowest BCUT2D eigenvalue weighted by Crippen LogP contribution is -2.28. The van der Waals surface area contributed by atoms with Crippen molar-refractivity contribution in [3.63, 3.8) is 0 Å². The lowest BCUT2D eigenvalue weighted by atomic mass is 10.1. The summed E-state index contributed by atoms with van der Waals surface area (Å²) in [6, 6.07) is 10.5. The van der Waals surface area contributed by atoms with E-state index >= 15 is 0 Å². The van der Waals surface area contributed by atoms with Gasteiger partial charge in [0, 0.05) is 5.56 Å². The fraction of sp³-hybridized carbons (Fsp3) is 0.176. The molecule has 5 nitrogen and oxygen atoms in total. The predicted molar refractivity (Wildman–Crippen MR) is 82.8 cm³/mol. The van der Waals surface area contributed by atoms with Crippen molar-refractivity contribution in [2.45, 2.75) is 13.0 Å². The SMILES string of the molecule is CC(NC(=O)c1cccc(F)c1)c1ccc2c(c1)NC(=O)CO2. The Kier molecular flexibility index (Phi) is 3.97. The monoisotopic (exact) mass is 314 g/mol. The number of carbonyl (C=O) groups is 2. The number of amides is 2. The Bertz CT molecular complexity index is 776. The van der Waals surface area contributed by atoms with Gasteiger partial charge in [-0.15, -0.1) is 0 Å². The van der Waals surface area contributed by atoms with Gasteiger partial charge in [0.05, 0.1) is 11.7 Å². The highest BCUT2D eigenvalue weighted by Gasteiger charge is 2.18. The maximum Gasteiger partial charge on any atom is 0.262 e. The third-order valence-electron chi connectivity index (χ3n) is 3.57. The summed E-state index contributed by atoms with van der Waals surface area (Å²) in [5.41, 5.74) is 1.64. The quantitative estimate of drug-likeness (QED) is 0.915. The van der Waals surface area contributed by atoms with Crippen LogP contribution in [0.15, 0.2) is 42.5 Å². The number of benzene rings is 2. The molecule has 2 N–H and O–H groups in total. The van der Waals surface area contributed by atoms with E-state index in [1.165, 1.54) is 18.2 Å². The third kappa shape index (κ3) is 3.31. The first-order valence-corrected chi connectivity index (χ1v) is 7.16. The van der Waals surface area contributed by atoms with Crippen LogP contribution in [-0.4, -0.2) is 18.4 Å². The summed E-state index contributed by atoms with van der Waals surface area (Å²) in [6.07, 6.45) is 0. The molecule has 2 aromatic rings. The smallest absolute Gasteiger partial charge is 0.262 e. The Morgan fingerprint density at radius 3 is 2.91 bits per heavy atom. The van der Waals surface area contributed by atoms with Crippen LogP contribution in [0.1, 0.15) is 28.9 Å². The average molecular weight is 314 g/mol. The first kappa shape index (κ1) is 15.0. The van der Waals surface area contributed by atoms with Crippen molar-refractivity contribution < 1.29 is 18.7 Å². The molecule has 0 saturated heterocycles. The molecule has 0 fully saturated rings. The van der Waals surface area contributed by atoms with Crippen LogP contribution in [0.5, 0.6) is 5.75 Å². The molecule has 1 heterocycles. The minimum atomic E-state index is -0.459. The Morgan fingerprint density at radius 1 is 1.30 bits per heavy atom. The fourth-order valence-corrected chi connectivity index (χ4v) is 2.36. The van der Waals surface area contributed by atoms with E-state index in [0.717, 1.165) is 5.56 Å². The van der Waals surface area contributed by atoms with E-state index in [-0.39, 0.29) is 30.0 Å². The van der Waals surface area contributed by atoms with Crippen molar-refractivity contribution in [3.05, 3.63) is 59.4 Å². The summed E-state index contributed by atoms with van der Waals surface area (Å²) < 4.78 is 18.5. The normalized spacial score (nSPS) is 14.3. The highest BCUT2D eigenvalue weighted by molar-refractivity contribution is 5.96. The molecule has 6 heteroatoms. The minimum Gasteiger partial charge on any atom is -0.482 e. The van der Waals surface area contributed by atoms with Gasteiger partial charge in [0.15, 0.2) is 6.61 Å². The molecule has 23 heavy (non-hydrogen) atoms. The van der Waals surface area contributed by atoms with E-state index in [1.54, 1.807) is 18.2 Å². The number of nitrogens with one attached hydrogen (secondary N) is 2. The second kappa shape index (κ2) is 6.08. The zero-order valence-corrected chi connectivity index (χ0v) is 12.4. The average Bonchev–Trinajstić information content (AvgIpc) is 2.54. The molecule has 1 atom stereocenters. The largest absolute Gasteiger partial charge is 0.482 e. The Labute approximate surface area is 132 Å². The molecule has 3 rings (SSSR count). The number of hydrogen-bond donors (Lipinski definition) is 2. The van der Waals surface area contributed by atoms with Crippen LogP contribution in [0.3, 0.4) is 0 Å². The molecule has 0 radical (unpaired) electrons. The maximum absolute atomic E-state index is 13.2. The Balaban J connectivity index is 1.75. The van der Waals surface area contributed by atoms with E-state index < -0.39 is 5.82 Å². The van der Waals surface area contributed by atoms with Gasteiger partial charge in [0.25, 0.3) is 11.8 Å². The maximum atomic E-state index is 13.2. The summed E-state index contributed by atoms with van der Waals surface area (Å²) in [5.74, 6) is -0.447. The number of hydrogen-bond acceptors (Lipinski definition) is 3. The number of ether oxygens (including phenoxy) is 1. The van der Waals surface area contributed by atoms with Gasteiger partial charge in [-0.3, -0.25) is 9.59 Å². The van der Waals surface area contributed by atoms with E-state index in [4.69, 9.17) is 4.74 Å². The molecule has 0 bridgehead atoms. The molecule has 0 spiro atoms. The lowest BCUT2D eigenvalue weighted by molar-refractivity contribution is -0.118. The van der Waals surface area contributed by atoms with E-state index in [1.807, 2.05) is 13.0 Å². The van der Waals surface area contributed by atoms with Gasteiger partial charge >= 0.3 is 0 Å². The third-order valence-corrected chi connectivity index (χ3v) is 3.57. The van der Waals surface area contributed by atoms with E-state index in [0.29, 0.717) is 11.4 Å². The minimum absolute atomic E-state index is 0.00178. The molecule has 1 unspecified atom stereocenters. The van der Waals surface area contributed by atoms with Crippen molar-refractivity contribution in [3.8, 4) is 5.75 Å². The summed E-state index contributed by atoms with van der Waals surface area (Å²) >= 11 is 0. The first-order chi connectivity index (χ1) is 11.0. The van der Waals surface area contributed by atoms with Crippen LogP contribution in [0.2, 0.25) is 0 Å². The highest BCUT2D eigenvalue weighted by atomic mass is 19.1. The van der Waals surface area contributed by atoms with Gasteiger partial charge in [0.1, 0.15) is 11.6 Å². The molecular formula is C17H15FN2O3. The van der Waals surface area contributed by atoms with Gasteiger partial charge in [-0.1, -0.05) is 12.1 Å². The molecule has 0 aliphatic carbocycles. The van der Waals surface area contributed by atoms with Crippen molar-refractivity contribution in [2.24, 2.45) is 0 Å².